The van der Waals surface area contributed by atoms with Crippen LogP contribution in [0.3, 0.4) is 0 Å². The van der Waals surface area contributed by atoms with E-state index in [0.29, 0.717) is 29.2 Å². The number of nitrogens with zero attached hydrogens (tertiary/aromatic N) is 3. The summed E-state index contributed by atoms with van der Waals surface area (Å²) in [5.41, 5.74) is 1.88. The summed E-state index contributed by atoms with van der Waals surface area (Å²) < 4.78 is 7.10. The van der Waals surface area contributed by atoms with Crippen LogP contribution < -0.4 is 5.32 Å². The van der Waals surface area contributed by atoms with E-state index in [9.17, 15) is 4.79 Å². The Hall–Kier alpha value is -2.35. The zero-order chi connectivity index (χ0) is 19.1. The Morgan fingerprint density at radius 2 is 2.00 bits per heavy atom. The second kappa shape index (κ2) is 9.55. The maximum Gasteiger partial charge on any atom is 0.230 e. The minimum atomic E-state index is -0.0871. The van der Waals surface area contributed by atoms with Crippen LogP contribution in [0.15, 0.2) is 59.8 Å². The van der Waals surface area contributed by atoms with Crippen molar-refractivity contribution in [3.63, 3.8) is 0 Å². The summed E-state index contributed by atoms with van der Waals surface area (Å²) in [5.74, 6) is 0.833. The van der Waals surface area contributed by atoms with E-state index in [1.165, 1.54) is 11.8 Å². The van der Waals surface area contributed by atoms with Crippen molar-refractivity contribution < 1.29 is 9.53 Å². The third-order valence-corrected chi connectivity index (χ3v) is 4.86. The van der Waals surface area contributed by atoms with Gasteiger partial charge in [-0.2, -0.15) is 0 Å². The summed E-state index contributed by atoms with van der Waals surface area (Å²) in [6, 6.07) is 17.2. The highest BCUT2D eigenvalue weighted by Crippen LogP contribution is 2.22. The molecule has 0 spiro atoms. The van der Waals surface area contributed by atoms with Crippen LogP contribution in [0, 0.1) is 0 Å². The van der Waals surface area contributed by atoms with Crippen molar-refractivity contribution in [2.75, 3.05) is 12.9 Å². The van der Waals surface area contributed by atoms with Crippen LogP contribution in [-0.2, 0) is 22.7 Å². The van der Waals surface area contributed by atoms with Crippen LogP contribution in [0.1, 0.15) is 11.4 Å². The number of aromatic nitrogens is 3. The molecular formula is C19H19ClN4O2S. The standard InChI is InChI=1S/C19H19ClN4O2S/c1-26-12-17-22-23-19(24(17)16-8-3-2-4-9-16)27-13-18(25)21-11-14-6-5-7-15(20)10-14/h2-10H,11-13H2,1H3,(H,21,25). The molecule has 8 heteroatoms. The summed E-state index contributed by atoms with van der Waals surface area (Å²) in [4.78, 5) is 12.2. The van der Waals surface area contributed by atoms with Crippen molar-refractivity contribution in [2.45, 2.75) is 18.3 Å². The molecule has 0 radical (unpaired) electrons. The van der Waals surface area contributed by atoms with Gasteiger partial charge < -0.3 is 10.1 Å². The molecule has 27 heavy (non-hydrogen) atoms. The first kappa shape index (κ1) is 19.4. The summed E-state index contributed by atoms with van der Waals surface area (Å²) >= 11 is 7.29. The molecule has 140 valence electrons. The van der Waals surface area contributed by atoms with E-state index in [1.807, 2.05) is 53.1 Å². The summed E-state index contributed by atoms with van der Waals surface area (Å²) in [6.45, 7) is 0.768. The number of methoxy groups -OCH3 is 1. The van der Waals surface area contributed by atoms with E-state index in [4.69, 9.17) is 16.3 Å². The van der Waals surface area contributed by atoms with Crippen molar-refractivity contribution in [2.24, 2.45) is 0 Å². The van der Waals surface area contributed by atoms with Gasteiger partial charge in [0.2, 0.25) is 5.91 Å². The number of para-hydroxylation sites is 1. The van der Waals surface area contributed by atoms with Crippen molar-refractivity contribution in [3.8, 4) is 5.69 Å². The fraction of sp³-hybridized carbons (Fsp3) is 0.211. The lowest BCUT2D eigenvalue weighted by molar-refractivity contribution is -0.118. The van der Waals surface area contributed by atoms with Gasteiger partial charge in [0.1, 0.15) is 6.61 Å². The number of carbonyl (C=O) groups is 1. The number of halogens is 1. The van der Waals surface area contributed by atoms with E-state index in [-0.39, 0.29) is 11.7 Å². The largest absolute Gasteiger partial charge is 0.377 e. The molecule has 3 aromatic rings. The lowest BCUT2D eigenvalue weighted by Crippen LogP contribution is -2.24. The maximum atomic E-state index is 12.2. The lowest BCUT2D eigenvalue weighted by Gasteiger charge is -2.10. The van der Waals surface area contributed by atoms with E-state index in [0.717, 1.165) is 11.3 Å². The first-order valence-corrected chi connectivity index (χ1v) is 9.66. The van der Waals surface area contributed by atoms with Gasteiger partial charge in [0.25, 0.3) is 0 Å². The van der Waals surface area contributed by atoms with Crippen molar-refractivity contribution >= 4 is 29.3 Å². The average Bonchev–Trinajstić information content (AvgIpc) is 3.08. The molecule has 0 saturated heterocycles. The van der Waals surface area contributed by atoms with Crippen molar-refractivity contribution in [1.82, 2.24) is 20.1 Å². The maximum absolute atomic E-state index is 12.2. The molecule has 1 aromatic heterocycles. The number of benzene rings is 2. The predicted octanol–water partition coefficient (Wildman–Crippen LogP) is 3.48. The Balaban J connectivity index is 1.64. The minimum Gasteiger partial charge on any atom is -0.377 e. The first-order chi connectivity index (χ1) is 13.2. The topological polar surface area (TPSA) is 69.0 Å². The Bertz CT molecular complexity index is 902. The molecule has 1 heterocycles. The molecule has 2 aromatic carbocycles. The first-order valence-electron chi connectivity index (χ1n) is 8.30. The molecule has 0 aliphatic heterocycles. The monoisotopic (exact) mass is 402 g/mol. The molecule has 0 unspecified atom stereocenters. The van der Waals surface area contributed by atoms with Crippen LogP contribution in [-0.4, -0.2) is 33.5 Å². The SMILES string of the molecule is COCc1nnc(SCC(=O)NCc2cccc(Cl)c2)n1-c1ccccc1. The second-order valence-electron chi connectivity index (χ2n) is 5.70. The van der Waals surface area contributed by atoms with Crippen LogP contribution in [0.4, 0.5) is 0 Å². The normalized spacial score (nSPS) is 10.7. The van der Waals surface area contributed by atoms with Crippen molar-refractivity contribution in [3.05, 3.63) is 71.0 Å². The fourth-order valence-electron chi connectivity index (χ4n) is 2.48. The number of hydrogen-bond acceptors (Lipinski definition) is 5. The molecule has 0 aliphatic carbocycles. The Kier molecular flexibility index (Phi) is 6.86. The summed E-state index contributed by atoms with van der Waals surface area (Å²) in [6.07, 6.45) is 0. The van der Waals surface area contributed by atoms with Gasteiger partial charge in [0, 0.05) is 24.4 Å². The molecule has 0 aliphatic rings. The summed E-state index contributed by atoms with van der Waals surface area (Å²) in [5, 5.41) is 12.6. The van der Waals surface area contributed by atoms with Crippen LogP contribution in [0.25, 0.3) is 5.69 Å². The van der Waals surface area contributed by atoms with Gasteiger partial charge in [0.15, 0.2) is 11.0 Å². The Labute approximate surface area is 166 Å². The molecule has 0 fully saturated rings. The van der Waals surface area contributed by atoms with Gasteiger partial charge in [-0.25, -0.2) is 0 Å². The van der Waals surface area contributed by atoms with E-state index >= 15 is 0 Å². The van der Waals surface area contributed by atoms with E-state index < -0.39 is 0 Å². The molecule has 0 bridgehead atoms. The smallest absolute Gasteiger partial charge is 0.230 e. The predicted molar refractivity (Wildman–Crippen MR) is 106 cm³/mol. The number of thioether (sulfide) groups is 1. The fourth-order valence-corrected chi connectivity index (χ4v) is 3.50. The lowest BCUT2D eigenvalue weighted by atomic mass is 10.2. The molecule has 1 N–H and O–H groups in total. The molecule has 1 amide bonds. The number of hydrogen-bond donors (Lipinski definition) is 1. The Morgan fingerprint density at radius 1 is 1.19 bits per heavy atom. The average molecular weight is 403 g/mol. The van der Waals surface area contributed by atoms with E-state index in [1.54, 1.807) is 13.2 Å². The van der Waals surface area contributed by atoms with Crippen LogP contribution in [0.5, 0.6) is 0 Å². The van der Waals surface area contributed by atoms with Gasteiger partial charge in [0.05, 0.1) is 5.75 Å². The van der Waals surface area contributed by atoms with Gasteiger partial charge in [-0.05, 0) is 29.8 Å². The highest BCUT2D eigenvalue weighted by Gasteiger charge is 2.15. The molecule has 0 saturated carbocycles. The quantitative estimate of drug-likeness (QED) is 0.584. The van der Waals surface area contributed by atoms with Crippen LogP contribution in [0.2, 0.25) is 5.02 Å². The molecule has 3 rings (SSSR count). The second-order valence-corrected chi connectivity index (χ2v) is 7.08. The van der Waals surface area contributed by atoms with Gasteiger partial charge >= 0.3 is 0 Å². The molecular weight excluding hydrogens is 384 g/mol. The third kappa shape index (κ3) is 5.32. The molecule has 6 nitrogen and oxygen atoms in total. The highest BCUT2D eigenvalue weighted by molar-refractivity contribution is 7.99. The number of carbonyl (C=O) groups excluding carboxylic acids is 1. The van der Waals surface area contributed by atoms with Crippen molar-refractivity contribution in [1.29, 1.82) is 0 Å². The zero-order valence-corrected chi connectivity index (χ0v) is 16.3. The highest BCUT2D eigenvalue weighted by atomic mass is 35.5. The number of ether oxygens (including phenoxy) is 1. The van der Waals surface area contributed by atoms with Crippen LogP contribution >= 0.6 is 23.4 Å². The third-order valence-electron chi connectivity index (χ3n) is 3.70. The van der Waals surface area contributed by atoms with Gasteiger partial charge in [-0.15, -0.1) is 10.2 Å². The van der Waals surface area contributed by atoms with Gasteiger partial charge in [-0.1, -0.05) is 53.7 Å². The summed E-state index contributed by atoms with van der Waals surface area (Å²) in [7, 11) is 1.61. The number of amides is 1. The number of rotatable bonds is 8. The Morgan fingerprint density at radius 3 is 2.74 bits per heavy atom. The molecule has 0 atom stereocenters. The number of nitrogens with one attached hydrogen (secondary N) is 1. The van der Waals surface area contributed by atoms with E-state index in [2.05, 4.69) is 15.5 Å². The zero-order valence-electron chi connectivity index (χ0n) is 14.8. The minimum absolute atomic E-state index is 0.0871. The van der Waals surface area contributed by atoms with Gasteiger partial charge in [-0.3, -0.25) is 9.36 Å².